The largest absolute Gasteiger partial charge is 0.465 e. The first-order chi connectivity index (χ1) is 15.7. The van der Waals surface area contributed by atoms with Gasteiger partial charge in [-0.05, 0) is 47.4 Å². The molecule has 0 unspecified atom stereocenters. The molecule has 4 rings (SSSR count). The van der Waals surface area contributed by atoms with Crippen molar-refractivity contribution in [3.63, 3.8) is 0 Å². The highest BCUT2D eigenvalue weighted by Crippen LogP contribution is 2.25. The van der Waals surface area contributed by atoms with Crippen molar-refractivity contribution in [3.8, 4) is 0 Å². The predicted octanol–water partition coefficient (Wildman–Crippen LogP) is 5.39. The summed E-state index contributed by atoms with van der Waals surface area (Å²) in [4.78, 5) is 28.9. The van der Waals surface area contributed by atoms with Gasteiger partial charge in [0.15, 0.2) is 0 Å². The lowest BCUT2D eigenvalue weighted by molar-refractivity contribution is 0.0600. The number of rotatable bonds is 5. The van der Waals surface area contributed by atoms with Crippen molar-refractivity contribution >= 4 is 23.3 Å². The number of benzene rings is 3. The third-order valence-electron chi connectivity index (χ3n) is 5.64. The van der Waals surface area contributed by atoms with Gasteiger partial charge in [0.2, 0.25) is 0 Å². The Morgan fingerprint density at radius 1 is 0.906 bits per heavy atom. The number of urea groups is 1. The van der Waals surface area contributed by atoms with Crippen molar-refractivity contribution < 1.29 is 14.3 Å². The number of methoxy groups -OCH3 is 1. The number of hydrogen-bond acceptors (Lipinski definition) is 3. The second-order valence-electron chi connectivity index (χ2n) is 7.68. The van der Waals surface area contributed by atoms with E-state index >= 15 is 0 Å². The van der Waals surface area contributed by atoms with E-state index in [4.69, 9.17) is 4.74 Å². The molecule has 3 aromatic rings. The van der Waals surface area contributed by atoms with Gasteiger partial charge in [0.1, 0.15) is 0 Å². The highest BCUT2D eigenvalue weighted by molar-refractivity contribution is 5.93. The molecule has 162 valence electrons. The van der Waals surface area contributed by atoms with Crippen molar-refractivity contribution in [1.82, 2.24) is 4.90 Å². The quantitative estimate of drug-likeness (QED) is 0.514. The second kappa shape index (κ2) is 9.96. The summed E-state index contributed by atoms with van der Waals surface area (Å²) in [5.74, 6) is -0.373. The highest BCUT2D eigenvalue weighted by Gasteiger charge is 2.24. The molecule has 0 aromatic heterocycles. The van der Waals surface area contributed by atoms with Crippen molar-refractivity contribution in [2.24, 2.45) is 0 Å². The van der Waals surface area contributed by atoms with Gasteiger partial charge in [-0.2, -0.15) is 0 Å². The number of para-hydroxylation sites is 1. The molecule has 0 spiro atoms. The number of amides is 2. The van der Waals surface area contributed by atoms with E-state index in [2.05, 4.69) is 18.2 Å². The maximum atomic E-state index is 13.5. The van der Waals surface area contributed by atoms with Crippen LogP contribution in [0.5, 0.6) is 0 Å². The summed E-state index contributed by atoms with van der Waals surface area (Å²) in [6.07, 6.45) is 2.97. The average molecular weight is 427 g/mol. The van der Waals surface area contributed by atoms with Crippen LogP contribution >= 0.6 is 0 Å². The van der Waals surface area contributed by atoms with Crippen LogP contribution in [0.15, 0.2) is 91.0 Å². The van der Waals surface area contributed by atoms with Crippen LogP contribution < -0.4 is 4.90 Å². The zero-order valence-electron chi connectivity index (χ0n) is 18.1. The Morgan fingerprint density at radius 3 is 2.16 bits per heavy atom. The minimum atomic E-state index is -0.373. The van der Waals surface area contributed by atoms with Crippen LogP contribution in [0.2, 0.25) is 0 Å². The summed E-state index contributed by atoms with van der Waals surface area (Å²) in [6.45, 7) is 1.66. The van der Waals surface area contributed by atoms with E-state index in [-0.39, 0.29) is 12.0 Å². The Morgan fingerprint density at radius 2 is 1.56 bits per heavy atom. The van der Waals surface area contributed by atoms with E-state index in [9.17, 15) is 9.59 Å². The Balaban J connectivity index is 1.53. The number of anilines is 1. The number of carbonyl (C=O) groups is 2. The van der Waals surface area contributed by atoms with Crippen molar-refractivity contribution in [3.05, 3.63) is 108 Å². The van der Waals surface area contributed by atoms with Crippen LogP contribution in [0, 0.1) is 0 Å². The lowest BCUT2D eigenvalue weighted by Crippen LogP contribution is -2.44. The van der Waals surface area contributed by atoms with Gasteiger partial charge in [-0.1, -0.05) is 66.7 Å². The molecular formula is C27H26N2O3. The smallest absolute Gasteiger partial charge is 0.337 e. The summed E-state index contributed by atoms with van der Waals surface area (Å²) in [6, 6.07) is 27.1. The lowest BCUT2D eigenvalue weighted by Gasteiger charge is -2.33. The second-order valence-corrected chi connectivity index (χ2v) is 7.68. The molecule has 0 atom stereocenters. The fourth-order valence-electron chi connectivity index (χ4n) is 3.85. The van der Waals surface area contributed by atoms with Gasteiger partial charge in [-0.3, -0.25) is 4.90 Å². The molecule has 5 heteroatoms. The maximum absolute atomic E-state index is 13.5. The van der Waals surface area contributed by atoms with Crippen molar-refractivity contribution in [2.45, 2.75) is 13.0 Å². The Bertz CT molecular complexity index is 1090. The number of hydrogen-bond donors (Lipinski definition) is 0. The van der Waals surface area contributed by atoms with Gasteiger partial charge in [-0.15, -0.1) is 0 Å². The summed E-state index contributed by atoms with van der Waals surface area (Å²) in [5, 5.41) is 0. The van der Waals surface area contributed by atoms with Crippen LogP contribution in [-0.2, 0) is 11.3 Å². The standard InChI is InChI=1S/C27H26N2O3/c1-32-26(30)24-14-12-21(13-15-24)20-29(25-10-6-3-7-11-25)27(31)28-18-16-23(17-19-28)22-8-4-2-5-9-22/h2-16H,17-20H2,1H3. The molecule has 0 radical (unpaired) electrons. The summed E-state index contributed by atoms with van der Waals surface area (Å²) in [5.41, 5.74) is 4.76. The van der Waals surface area contributed by atoms with E-state index in [1.54, 1.807) is 17.0 Å². The molecule has 0 fully saturated rings. The molecule has 0 N–H and O–H groups in total. The van der Waals surface area contributed by atoms with Crippen LogP contribution in [0.3, 0.4) is 0 Å². The van der Waals surface area contributed by atoms with Crippen LogP contribution in [0.4, 0.5) is 10.5 Å². The molecule has 1 heterocycles. The highest BCUT2D eigenvalue weighted by atomic mass is 16.5. The molecule has 0 saturated carbocycles. The average Bonchev–Trinajstić information content (AvgIpc) is 2.88. The number of esters is 1. The minimum Gasteiger partial charge on any atom is -0.465 e. The maximum Gasteiger partial charge on any atom is 0.337 e. The number of ether oxygens (including phenoxy) is 1. The van der Waals surface area contributed by atoms with Gasteiger partial charge in [0.05, 0.1) is 19.2 Å². The molecule has 1 aliphatic rings. The van der Waals surface area contributed by atoms with Gasteiger partial charge >= 0.3 is 12.0 Å². The number of carbonyl (C=O) groups excluding carboxylic acids is 2. The normalized spacial score (nSPS) is 13.3. The first-order valence-corrected chi connectivity index (χ1v) is 10.7. The molecule has 32 heavy (non-hydrogen) atoms. The molecule has 1 aliphatic heterocycles. The lowest BCUT2D eigenvalue weighted by atomic mass is 10.00. The Kier molecular flexibility index (Phi) is 6.66. The molecule has 2 amide bonds. The minimum absolute atomic E-state index is 0.0309. The monoisotopic (exact) mass is 426 g/mol. The SMILES string of the molecule is COC(=O)c1ccc(CN(C(=O)N2CC=C(c3ccccc3)CC2)c2ccccc2)cc1. The summed E-state index contributed by atoms with van der Waals surface area (Å²) in [7, 11) is 1.36. The van der Waals surface area contributed by atoms with E-state index < -0.39 is 0 Å². The van der Waals surface area contributed by atoms with E-state index in [1.165, 1.54) is 18.2 Å². The number of nitrogens with zero attached hydrogens (tertiary/aromatic N) is 2. The van der Waals surface area contributed by atoms with E-state index in [0.29, 0.717) is 25.2 Å². The first kappa shape index (κ1) is 21.4. The van der Waals surface area contributed by atoms with Gasteiger partial charge in [0, 0.05) is 18.8 Å². The zero-order valence-corrected chi connectivity index (χ0v) is 18.1. The van der Waals surface area contributed by atoms with Gasteiger partial charge in [0.25, 0.3) is 0 Å². The first-order valence-electron chi connectivity index (χ1n) is 10.7. The third-order valence-corrected chi connectivity index (χ3v) is 5.64. The fraction of sp³-hybridized carbons (Fsp3) is 0.185. The molecule has 0 saturated heterocycles. The fourth-order valence-corrected chi connectivity index (χ4v) is 3.85. The molecule has 5 nitrogen and oxygen atoms in total. The molecule has 3 aromatic carbocycles. The summed E-state index contributed by atoms with van der Waals surface area (Å²) >= 11 is 0. The topological polar surface area (TPSA) is 49.9 Å². The third kappa shape index (κ3) is 4.89. The van der Waals surface area contributed by atoms with Crippen LogP contribution in [-0.4, -0.2) is 37.1 Å². The van der Waals surface area contributed by atoms with Gasteiger partial charge in [-0.25, -0.2) is 9.59 Å². The zero-order chi connectivity index (χ0) is 22.3. The molecule has 0 aliphatic carbocycles. The van der Waals surface area contributed by atoms with E-state index in [1.807, 2.05) is 65.6 Å². The van der Waals surface area contributed by atoms with Crippen LogP contribution in [0.25, 0.3) is 5.57 Å². The van der Waals surface area contributed by atoms with Crippen molar-refractivity contribution in [2.75, 3.05) is 25.1 Å². The molecule has 0 bridgehead atoms. The predicted molar refractivity (Wildman–Crippen MR) is 126 cm³/mol. The van der Waals surface area contributed by atoms with Gasteiger partial charge < -0.3 is 9.64 Å². The summed E-state index contributed by atoms with van der Waals surface area (Å²) < 4.78 is 4.77. The Labute approximate surface area is 188 Å². The van der Waals surface area contributed by atoms with Crippen LogP contribution in [0.1, 0.15) is 27.9 Å². The van der Waals surface area contributed by atoms with Crippen molar-refractivity contribution in [1.29, 1.82) is 0 Å². The molecular weight excluding hydrogens is 400 g/mol. The Hall–Kier alpha value is -3.86. The van der Waals surface area contributed by atoms with E-state index in [0.717, 1.165) is 17.7 Å².